The molecule has 1 nitrogen and oxygen atoms in total. The van der Waals surface area contributed by atoms with Gasteiger partial charge in [-0.3, -0.25) is 0 Å². The third-order valence-electron chi connectivity index (χ3n) is 16.5. The molecule has 0 atom stereocenters. The quantitative estimate of drug-likeness (QED) is 0.129. The van der Waals surface area contributed by atoms with Crippen molar-refractivity contribution in [1.82, 2.24) is 4.57 Å². The molecule has 0 aliphatic heterocycles. The second-order valence-electron chi connectivity index (χ2n) is 21.1. The van der Waals surface area contributed by atoms with Crippen LogP contribution in [0.4, 0.5) is 0 Å². The van der Waals surface area contributed by atoms with E-state index in [1.54, 1.807) is 0 Å². The maximum atomic E-state index is 2.51. The first kappa shape index (κ1) is 47.6. The molecule has 0 unspecified atom stereocenters. The first-order chi connectivity index (χ1) is 40.2. The number of hydrogen-bond acceptors (Lipinski definition) is 0. The molecule has 0 aliphatic rings. The van der Waals surface area contributed by atoms with Crippen molar-refractivity contribution in [3.63, 3.8) is 0 Å². The van der Waals surface area contributed by atoms with E-state index < -0.39 is 0 Å². The molecule has 0 amide bonds. The van der Waals surface area contributed by atoms with E-state index >= 15 is 0 Å². The standard InChI is InChI=1S/C80H53N/c1-5-22-54(23-6-1)63-32-15-17-35-66(63)59-40-44-68(74(50-59)57-26-9-3-10-27-57)61-42-47-79-76(52-61)77-53-62(69-45-41-60(51-75(69)58-28-11-4-12-29-58)67-36-18-16-33-64(67)55-24-7-2-8-25-55)43-48-80(77)81(79)78-49-46-72(71-37-19-20-38-73(71)78)70-39-21-31-56-30-13-14-34-65(56)70/h1-53H. The monoisotopic (exact) mass is 1030 g/mol. The van der Waals surface area contributed by atoms with E-state index in [2.05, 4.69) is 326 Å². The van der Waals surface area contributed by atoms with E-state index in [-0.39, 0.29) is 0 Å². The van der Waals surface area contributed by atoms with Gasteiger partial charge in [-0.05, 0) is 159 Å². The van der Waals surface area contributed by atoms with Crippen molar-refractivity contribution in [3.05, 3.63) is 322 Å². The van der Waals surface area contributed by atoms with Crippen LogP contribution >= 0.6 is 0 Å². The Morgan fingerprint density at radius 1 is 0.160 bits per heavy atom. The molecule has 378 valence electrons. The Hall–Kier alpha value is -10.6. The summed E-state index contributed by atoms with van der Waals surface area (Å²) in [6, 6.07) is 118. The van der Waals surface area contributed by atoms with Crippen LogP contribution in [0, 0.1) is 0 Å². The summed E-state index contributed by atoms with van der Waals surface area (Å²) in [5.74, 6) is 0. The number of hydrogen-bond donors (Lipinski definition) is 0. The van der Waals surface area contributed by atoms with Crippen molar-refractivity contribution in [2.75, 3.05) is 0 Å². The molecule has 14 aromatic carbocycles. The molecule has 0 N–H and O–H groups in total. The number of benzene rings is 14. The van der Waals surface area contributed by atoms with Gasteiger partial charge in [-0.25, -0.2) is 0 Å². The normalized spacial score (nSPS) is 11.5. The SMILES string of the molecule is c1ccc(-c2ccccc2-c2ccc(-c3ccc4c(c3)c3cc(-c5ccc(-c6ccccc6-c6ccccc6)cc5-c5ccccc5)ccc3n4-c3ccc(-c4cccc5ccccc45)c4ccccc34)c(-c3ccccc3)c2)cc1. The molecule has 0 fully saturated rings. The number of aromatic nitrogens is 1. The van der Waals surface area contributed by atoms with Crippen LogP contribution in [-0.2, 0) is 0 Å². The van der Waals surface area contributed by atoms with Gasteiger partial charge in [-0.1, -0.05) is 279 Å². The molecular weight excluding hydrogens is 975 g/mol. The fourth-order valence-electron chi connectivity index (χ4n) is 12.6. The van der Waals surface area contributed by atoms with Crippen molar-refractivity contribution < 1.29 is 0 Å². The maximum absolute atomic E-state index is 2.51. The molecule has 81 heavy (non-hydrogen) atoms. The van der Waals surface area contributed by atoms with Crippen LogP contribution < -0.4 is 0 Å². The van der Waals surface area contributed by atoms with Crippen LogP contribution in [0.3, 0.4) is 0 Å². The van der Waals surface area contributed by atoms with Gasteiger partial charge in [-0.2, -0.15) is 0 Å². The Kier molecular flexibility index (Phi) is 11.9. The largest absolute Gasteiger partial charge is 0.309 e. The number of nitrogens with zero attached hydrogens (tertiary/aromatic N) is 1. The van der Waals surface area contributed by atoms with Gasteiger partial charge in [0.05, 0.1) is 16.7 Å². The highest BCUT2D eigenvalue weighted by Gasteiger charge is 2.21. The summed E-state index contributed by atoms with van der Waals surface area (Å²) < 4.78 is 2.51. The molecule has 0 spiro atoms. The molecule has 0 aliphatic carbocycles. The van der Waals surface area contributed by atoms with Gasteiger partial charge in [0, 0.05) is 16.2 Å². The second kappa shape index (κ2) is 20.3. The summed E-state index contributed by atoms with van der Waals surface area (Å²) in [7, 11) is 0. The van der Waals surface area contributed by atoms with Gasteiger partial charge in [0.1, 0.15) is 0 Å². The van der Waals surface area contributed by atoms with E-state index in [0.29, 0.717) is 0 Å². The first-order valence-electron chi connectivity index (χ1n) is 28.0. The Labute approximate surface area is 472 Å². The average molecular weight is 1030 g/mol. The molecular formula is C80H53N. The summed E-state index contributed by atoms with van der Waals surface area (Å²) in [5, 5.41) is 7.29. The molecule has 1 aromatic heterocycles. The highest BCUT2D eigenvalue weighted by Crippen LogP contribution is 2.46. The summed E-state index contributed by atoms with van der Waals surface area (Å²) in [4.78, 5) is 0. The molecule has 0 saturated carbocycles. The van der Waals surface area contributed by atoms with Crippen LogP contribution in [0.25, 0.3) is 149 Å². The lowest BCUT2D eigenvalue weighted by atomic mass is 9.88. The van der Waals surface area contributed by atoms with Gasteiger partial charge in [0.25, 0.3) is 0 Å². The highest BCUT2D eigenvalue weighted by atomic mass is 15.0. The third-order valence-corrected chi connectivity index (χ3v) is 16.5. The molecule has 1 heterocycles. The first-order valence-corrected chi connectivity index (χ1v) is 28.0. The second-order valence-corrected chi connectivity index (χ2v) is 21.1. The van der Waals surface area contributed by atoms with Crippen LogP contribution in [0.15, 0.2) is 322 Å². The summed E-state index contributed by atoms with van der Waals surface area (Å²) in [6.45, 7) is 0. The predicted octanol–water partition coefficient (Wildman–Crippen LogP) is 22.1. The zero-order valence-corrected chi connectivity index (χ0v) is 44.5. The van der Waals surface area contributed by atoms with E-state index in [1.807, 2.05) is 0 Å². The minimum Gasteiger partial charge on any atom is -0.309 e. The average Bonchev–Trinajstić information content (AvgIpc) is 4.09. The smallest absolute Gasteiger partial charge is 0.0541 e. The molecule has 0 bridgehead atoms. The topological polar surface area (TPSA) is 4.93 Å². The summed E-state index contributed by atoms with van der Waals surface area (Å²) >= 11 is 0. The Morgan fingerprint density at radius 3 is 0.975 bits per heavy atom. The molecule has 15 rings (SSSR count). The van der Waals surface area contributed by atoms with Crippen LogP contribution in [0.5, 0.6) is 0 Å². The van der Waals surface area contributed by atoms with Crippen molar-refractivity contribution in [1.29, 1.82) is 0 Å². The minimum atomic E-state index is 1.15. The van der Waals surface area contributed by atoms with Crippen molar-refractivity contribution in [2.24, 2.45) is 0 Å². The van der Waals surface area contributed by atoms with E-state index in [4.69, 9.17) is 0 Å². The molecule has 15 aromatic rings. The lowest BCUT2D eigenvalue weighted by Crippen LogP contribution is -1.97. The fraction of sp³-hybridized carbons (Fsp3) is 0. The van der Waals surface area contributed by atoms with Gasteiger partial charge >= 0.3 is 0 Å². The fourth-order valence-corrected chi connectivity index (χ4v) is 12.6. The van der Waals surface area contributed by atoms with Crippen LogP contribution in [-0.4, -0.2) is 4.57 Å². The van der Waals surface area contributed by atoms with Crippen molar-refractivity contribution in [3.8, 4) is 106 Å². The zero-order valence-electron chi connectivity index (χ0n) is 44.5. The van der Waals surface area contributed by atoms with Gasteiger partial charge in [0.15, 0.2) is 0 Å². The van der Waals surface area contributed by atoms with Crippen molar-refractivity contribution in [2.45, 2.75) is 0 Å². The Morgan fingerprint density at radius 2 is 0.481 bits per heavy atom. The summed E-state index contributed by atoms with van der Waals surface area (Å²) in [5.41, 5.74) is 25.0. The summed E-state index contributed by atoms with van der Waals surface area (Å²) in [6.07, 6.45) is 0. The maximum Gasteiger partial charge on any atom is 0.0541 e. The third kappa shape index (κ3) is 8.52. The lowest BCUT2D eigenvalue weighted by Gasteiger charge is -2.17. The van der Waals surface area contributed by atoms with E-state index in [0.717, 1.165) is 27.8 Å². The lowest BCUT2D eigenvalue weighted by molar-refractivity contribution is 1.20. The van der Waals surface area contributed by atoms with Gasteiger partial charge in [0.2, 0.25) is 0 Å². The Bertz CT molecular complexity index is 4610. The van der Waals surface area contributed by atoms with Gasteiger partial charge < -0.3 is 4.57 Å². The number of fused-ring (bicyclic) bond motifs is 5. The number of rotatable bonds is 10. The molecule has 0 saturated heterocycles. The molecule has 0 radical (unpaired) electrons. The van der Waals surface area contributed by atoms with Crippen LogP contribution in [0.1, 0.15) is 0 Å². The predicted molar refractivity (Wildman–Crippen MR) is 345 cm³/mol. The highest BCUT2D eigenvalue weighted by molar-refractivity contribution is 6.15. The van der Waals surface area contributed by atoms with E-state index in [9.17, 15) is 0 Å². The van der Waals surface area contributed by atoms with Crippen molar-refractivity contribution >= 4 is 43.4 Å². The van der Waals surface area contributed by atoms with Crippen LogP contribution in [0.2, 0.25) is 0 Å². The van der Waals surface area contributed by atoms with Gasteiger partial charge in [-0.15, -0.1) is 0 Å². The Balaban J connectivity index is 0.956. The minimum absolute atomic E-state index is 1.15. The molecule has 1 heteroatoms. The zero-order chi connectivity index (χ0) is 53.6. The van der Waals surface area contributed by atoms with E-state index in [1.165, 1.54) is 121 Å².